The Morgan fingerprint density at radius 3 is 2.61 bits per heavy atom. The number of aliphatic hydroxyl groups excluding tert-OH is 4. The number of nitrogens with one attached hydrogen (secondary N) is 1. The van der Waals surface area contributed by atoms with Crippen LogP contribution in [0.4, 0.5) is 11.4 Å². The first-order valence-corrected chi connectivity index (χ1v) is 11.7. The average Bonchev–Trinajstić information content (AvgIpc) is 2.80. The lowest BCUT2D eigenvalue weighted by atomic mass is 9.94. The molecule has 0 amide bonds. The molecule has 10 heteroatoms. The summed E-state index contributed by atoms with van der Waals surface area (Å²) in [5.74, 6) is 0. The summed E-state index contributed by atoms with van der Waals surface area (Å²) in [4.78, 5) is 17.4. The Bertz CT molecular complexity index is 790. The number of nitrogens with zero attached hydrogens (tertiary/aromatic N) is 3. The number of rotatable bonds is 13. The van der Waals surface area contributed by atoms with Crippen LogP contribution in [0.25, 0.3) is 0 Å². The van der Waals surface area contributed by atoms with Crippen LogP contribution in [0.1, 0.15) is 51.5 Å². The highest BCUT2D eigenvalue weighted by atomic mass is 16.6. The van der Waals surface area contributed by atoms with Crippen LogP contribution in [0, 0.1) is 10.1 Å². The maximum Gasteiger partial charge on any atom is 0.292 e. The average molecular weight is 467 g/mol. The number of benzene rings is 1. The molecule has 10 nitrogen and oxygen atoms in total. The quantitative estimate of drug-likeness (QED) is 0.127. The summed E-state index contributed by atoms with van der Waals surface area (Å²) in [7, 11) is 0. The van der Waals surface area contributed by atoms with Gasteiger partial charge in [0.15, 0.2) is 0 Å². The zero-order valence-electron chi connectivity index (χ0n) is 19.6. The normalized spacial score (nSPS) is 24.1. The molecule has 0 unspecified atom stereocenters. The van der Waals surface area contributed by atoms with Crippen molar-refractivity contribution in [3.8, 4) is 0 Å². The predicted octanol–water partition coefficient (Wildman–Crippen LogP) is 1.55. The second-order valence-corrected chi connectivity index (χ2v) is 8.59. The fourth-order valence-corrected chi connectivity index (χ4v) is 4.08. The van der Waals surface area contributed by atoms with Crippen LogP contribution >= 0.6 is 0 Å². The van der Waals surface area contributed by atoms with Crippen molar-refractivity contribution in [3.05, 3.63) is 33.9 Å². The monoisotopic (exact) mass is 466 g/mol. The third kappa shape index (κ3) is 7.72. The number of hydrogen-bond donors (Lipinski definition) is 5. The van der Waals surface area contributed by atoms with Gasteiger partial charge in [-0.15, -0.1) is 0 Å². The number of anilines is 1. The summed E-state index contributed by atoms with van der Waals surface area (Å²) >= 11 is 0. The van der Waals surface area contributed by atoms with Gasteiger partial charge >= 0.3 is 0 Å². The number of piperidine rings is 1. The molecule has 0 bridgehead atoms. The lowest BCUT2D eigenvalue weighted by Crippen LogP contribution is -2.62. The van der Waals surface area contributed by atoms with Gasteiger partial charge in [-0.1, -0.05) is 25.8 Å². The van der Waals surface area contributed by atoms with Gasteiger partial charge in [-0.3, -0.25) is 20.0 Å². The summed E-state index contributed by atoms with van der Waals surface area (Å²) in [5, 5.41) is 53.8. The van der Waals surface area contributed by atoms with Crippen LogP contribution in [0.5, 0.6) is 0 Å². The van der Waals surface area contributed by atoms with Crippen LogP contribution in [0.15, 0.2) is 23.2 Å². The molecule has 5 N–H and O–H groups in total. The molecule has 1 aliphatic heterocycles. The fourth-order valence-electron chi connectivity index (χ4n) is 4.08. The molecule has 0 saturated carbocycles. The smallest absolute Gasteiger partial charge is 0.292 e. The van der Waals surface area contributed by atoms with Crippen LogP contribution in [-0.2, 0) is 0 Å². The first kappa shape index (κ1) is 27.1. The summed E-state index contributed by atoms with van der Waals surface area (Å²) in [5.41, 5.74) is 2.08. The maximum absolute atomic E-state index is 11.5. The van der Waals surface area contributed by atoms with Gasteiger partial charge < -0.3 is 25.7 Å². The van der Waals surface area contributed by atoms with E-state index in [2.05, 4.69) is 10.3 Å². The Kier molecular flexibility index (Phi) is 11.2. The highest BCUT2D eigenvalue weighted by Crippen LogP contribution is 2.26. The van der Waals surface area contributed by atoms with E-state index in [1.165, 1.54) is 0 Å². The molecule has 0 radical (unpaired) electrons. The van der Waals surface area contributed by atoms with Crippen molar-refractivity contribution >= 4 is 17.1 Å². The molecule has 0 aliphatic carbocycles. The van der Waals surface area contributed by atoms with Crippen molar-refractivity contribution in [2.45, 2.75) is 70.3 Å². The SMILES string of the molecule is CCC/N=C(\C)c1ccc(NCCCCCCN2C[C@H](O)[C@@H](O)[C@H](O)[C@H]2CO)c([N+](=O)[O-])c1. The van der Waals surface area contributed by atoms with Crippen molar-refractivity contribution < 1.29 is 25.3 Å². The Morgan fingerprint density at radius 1 is 1.21 bits per heavy atom. The molecule has 1 saturated heterocycles. The number of aliphatic hydroxyl groups is 4. The zero-order valence-corrected chi connectivity index (χ0v) is 19.6. The van der Waals surface area contributed by atoms with E-state index in [9.17, 15) is 30.5 Å². The number of hydrogen-bond acceptors (Lipinski definition) is 9. The maximum atomic E-state index is 11.5. The predicted molar refractivity (Wildman–Crippen MR) is 128 cm³/mol. The minimum Gasteiger partial charge on any atom is -0.395 e. The van der Waals surface area contributed by atoms with Crippen molar-refractivity contribution in [1.29, 1.82) is 0 Å². The summed E-state index contributed by atoms with van der Waals surface area (Å²) in [6.07, 6.45) is 0.941. The van der Waals surface area contributed by atoms with Gasteiger partial charge in [0.2, 0.25) is 0 Å². The molecular formula is C23H38N4O6. The first-order valence-electron chi connectivity index (χ1n) is 11.7. The van der Waals surface area contributed by atoms with Crippen molar-refractivity contribution in [1.82, 2.24) is 4.90 Å². The molecule has 33 heavy (non-hydrogen) atoms. The van der Waals surface area contributed by atoms with Gasteiger partial charge in [-0.05, 0) is 38.8 Å². The molecule has 4 atom stereocenters. The number of unbranched alkanes of at least 4 members (excludes halogenated alkanes) is 3. The van der Waals surface area contributed by atoms with Crippen LogP contribution < -0.4 is 5.32 Å². The molecule has 2 rings (SSSR count). The minimum absolute atomic E-state index is 0.0398. The number of nitro benzene ring substituents is 1. The van der Waals surface area contributed by atoms with Gasteiger partial charge in [0.05, 0.1) is 23.7 Å². The van der Waals surface area contributed by atoms with Crippen molar-refractivity contribution in [3.63, 3.8) is 0 Å². The lowest BCUT2D eigenvalue weighted by Gasteiger charge is -2.43. The Morgan fingerprint density at radius 2 is 1.94 bits per heavy atom. The van der Waals surface area contributed by atoms with Gasteiger partial charge in [0.25, 0.3) is 5.69 Å². The molecule has 1 aromatic carbocycles. The molecule has 1 fully saturated rings. The molecule has 1 heterocycles. The Labute approximate surface area is 195 Å². The molecule has 1 aromatic rings. The lowest BCUT2D eigenvalue weighted by molar-refractivity contribution is -0.384. The molecule has 1 aliphatic rings. The Hall–Kier alpha value is -2.11. The van der Waals surface area contributed by atoms with Crippen LogP contribution in [0.2, 0.25) is 0 Å². The largest absolute Gasteiger partial charge is 0.395 e. The highest BCUT2D eigenvalue weighted by Gasteiger charge is 2.40. The van der Waals surface area contributed by atoms with Crippen LogP contribution in [-0.4, -0.2) is 93.1 Å². The van der Waals surface area contributed by atoms with Crippen molar-refractivity contribution in [2.75, 3.05) is 38.1 Å². The summed E-state index contributed by atoms with van der Waals surface area (Å²) < 4.78 is 0. The third-order valence-electron chi connectivity index (χ3n) is 6.09. The van der Waals surface area contributed by atoms with E-state index in [1.807, 2.05) is 24.8 Å². The number of aliphatic imine (C=N–C) groups is 1. The molecule has 0 spiro atoms. The van der Waals surface area contributed by atoms with E-state index in [-0.39, 0.29) is 23.8 Å². The van der Waals surface area contributed by atoms with E-state index in [0.29, 0.717) is 25.3 Å². The van der Waals surface area contributed by atoms with Crippen LogP contribution in [0.3, 0.4) is 0 Å². The van der Waals surface area contributed by atoms with E-state index < -0.39 is 24.4 Å². The zero-order chi connectivity index (χ0) is 24.4. The highest BCUT2D eigenvalue weighted by molar-refractivity contribution is 5.99. The summed E-state index contributed by atoms with van der Waals surface area (Å²) in [6, 6.07) is 4.56. The Balaban J connectivity index is 1.77. The van der Waals surface area contributed by atoms with Gasteiger partial charge in [0, 0.05) is 37.0 Å². The fraction of sp³-hybridized carbons (Fsp3) is 0.696. The van der Waals surface area contributed by atoms with Gasteiger partial charge in [0.1, 0.15) is 17.9 Å². The van der Waals surface area contributed by atoms with E-state index in [0.717, 1.165) is 43.4 Å². The topological polar surface area (TPSA) is 152 Å². The molecule has 186 valence electrons. The van der Waals surface area contributed by atoms with Crippen molar-refractivity contribution in [2.24, 2.45) is 4.99 Å². The standard InChI is InChI=1S/C23H38N4O6/c1-3-10-24-16(2)17-8-9-18(19(13-17)27(32)33)25-11-6-4-5-7-12-26-14-21(29)23(31)22(30)20(26)15-28/h8-9,13,20-23,25,28-31H,3-7,10-12,14-15H2,1-2H3/b24-16+/t20-,21+,22-,23-/m1/s1. The number of nitro groups is 1. The van der Waals surface area contributed by atoms with Gasteiger partial charge in [-0.2, -0.15) is 0 Å². The minimum atomic E-state index is -1.24. The third-order valence-corrected chi connectivity index (χ3v) is 6.09. The first-order chi connectivity index (χ1) is 15.8. The molecule has 0 aromatic heterocycles. The van der Waals surface area contributed by atoms with E-state index in [4.69, 9.17) is 0 Å². The van der Waals surface area contributed by atoms with E-state index in [1.54, 1.807) is 12.1 Å². The molecular weight excluding hydrogens is 428 g/mol. The number of β-amino-alcohol motifs (C(OH)–C–C–N with tert-alkyl or cyclic N) is 1. The van der Waals surface area contributed by atoms with Gasteiger partial charge in [-0.25, -0.2) is 0 Å². The summed E-state index contributed by atoms with van der Waals surface area (Å²) in [6.45, 7) is 5.73. The second kappa shape index (κ2) is 13.6. The van der Waals surface area contributed by atoms with E-state index >= 15 is 0 Å². The second-order valence-electron chi connectivity index (χ2n) is 8.59. The number of likely N-dealkylation sites (tertiary alicyclic amines) is 1.